The van der Waals surface area contributed by atoms with Gasteiger partial charge in [0.2, 0.25) is 0 Å². The van der Waals surface area contributed by atoms with Crippen molar-refractivity contribution in [2.75, 3.05) is 0 Å². The zero-order chi connectivity index (χ0) is 9.78. The third-order valence-corrected chi connectivity index (χ3v) is 1.81. The van der Waals surface area contributed by atoms with Crippen LogP contribution in [0, 0.1) is 0 Å². The van der Waals surface area contributed by atoms with Gasteiger partial charge in [-0.05, 0) is 25.7 Å². The highest BCUT2D eigenvalue weighted by molar-refractivity contribution is 5.48. The third kappa shape index (κ3) is 11.1. The van der Waals surface area contributed by atoms with Crippen molar-refractivity contribution in [1.29, 1.82) is 0 Å². The number of carbonyl (C=O) groups is 1. The minimum absolute atomic E-state index is 0.722. The first-order valence-corrected chi connectivity index (χ1v) is 5.17. The molecular formula is C12H20O. The molecule has 0 saturated carbocycles. The highest BCUT2D eigenvalue weighted by Gasteiger charge is 1.85. The second-order valence-electron chi connectivity index (χ2n) is 3.07. The Labute approximate surface area is 81.5 Å². The van der Waals surface area contributed by atoms with E-state index in [1.165, 1.54) is 12.8 Å². The molecule has 0 N–H and O–H groups in total. The molecular weight excluding hydrogens is 160 g/mol. The first-order valence-electron chi connectivity index (χ1n) is 5.17. The van der Waals surface area contributed by atoms with Crippen molar-refractivity contribution in [3.63, 3.8) is 0 Å². The lowest BCUT2D eigenvalue weighted by molar-refractivity contribution is -0.107. The molecule has 0 aromatic carbocycles. The maximum atomic E-state index is 9.99. The number of hydrogen-bond acceptors (Lipinski definition) is 1. The standard InChI is InChI=1S/C12H20O/c1-2-3-4-5-6-7-8-9-10-11-12-13/h3-6,12H,2,7-11H2,1H3. The zero-order valence-corrected chi connectivity index (χ0v) is 8.54. The Balaban J connectivity index is 3.10. The van der Waals surface area contributed by atoms with Crippen LogP contribution < -0.4 is 0 Å². The molecule has 0 spiro atoms. The van der Waals surface area contributed by atoms with Gasteiger partial charge < -0.3 is 4.79 Å². The molecule has 0 unspecified atom stereocenters. The molecule has 0 saturated heterocycles. The summed E-state index contributed by atoms with van der Waals surface area (Å²) < 4.78 is 0. The van der Waals surface area contributed by atoms with Gasteiger partial charge in [-0.2, -0.15) is 0 Å². The van der Waals surface area contributed by atoms with E-state index in [0.717, 1.165) is 32.0 Å². The van der Waals surface area contributed by atoms with E-state index in [-0.39, 0.29) is 0 Å². The van der Waals surface area contributed by atoms with E-state index < -0.39 is 0 Å². The number of allylic oxidation sites excluding steroid dienone is 4. The normalized spacial score (nSPS) is 11.5. The summed E-state index contributed by atoms with van der Waals surface area (Å²) in [5.74, 6) is 0. The van der Waals surface area contributed by atoms with E-state index in [0.29, 0.717) is 0 Å². The summed E-state index contributed by atoms with van der Waals surface area (Å²) in [4.78, 5) is 9.99. The molecule has 0 heterocycles. The van der Waals surface area contributed by atoms with Crippen LogP contribution >= 0.6 is 0 Å². The van der Waals surface area contributed by atoms with Gasteiger partial charge in [-0.3, -0.25) is 0 Å². The first kappa shape index (κ1) is 12.2. The van der Waals surface area contributed by atoms with Gasteiger partial charge in [-0.1, -0.05) is 37.6 Å². The van der Waals surface area contributed by atoms with Crippen LogP contribution in [0.5, 0.6) is 0 Å². The van der Waals surface area contributed by atoms with Gasteiger partial charge in [0.15, 0.2) is 0 Å². The Kier molecular flexibility index (Phi) is 10.4. The van der Waals surface area contributed by atoms with E-state index in [4.69, 9.17) is 0 Å². The third-order valence-electron chi connectivity index (χ3n) is 1.81. The summed E-state index contributed by atoms with van der Waals surface area (Å²) in [6.45, 7) is 2.13. The highest BCUT2D eigenvalue weighted by atomic mass is 16.1. The summed E-state index contributed by atoms with van der Waals surface area (Å²) in [5, 5.41) is 0. The van der Waals surface area contributed by atoms with Crippen LogP contribution in [0.25, 0.3) is 0 Å². The predicted molar refractivity (Wildman–Crippen MR) is 57.7 cm³/mol. The van der Waals surface area contributed by atoms with E-state index >= 15 is 0 Å². The maximum absolute atomic E-state index is 9.99. The summed E-state index contributed by atoms with van der Waals surface area (Å²) in [7, 11) is 0. The number of aldehydes is 1. The van der Waals surface area contributed by atoms with Crippen LogP contribution in [-0.2, 0) is 4.79 Å². The first-order chi connectivity index (χ1) is 6.41. The predicted octanol–water partition coefficient (Wildman–Crippen LogP) is 3.66. The van der Waals surface area contributed by atoms with E-state index in [1.807, 2.05) is 0 Å². The SMILES string of the molecule is CCC=CC=CCCCCCC=O. The van der Waals surface area contributed by atoms with Crippen molar-refractivity contribution in [3.05, 3.63) is 24.3 Å². The molecule has 13 heavy (non-hydrogen) atoms. The Hall–Kier alpha value is -0.850. The van der Waals surface area contributed by atoms with Gasteiger partial charge in [0.05, 0.1) is 0 Å². The lowest BCUT2D eigenvalue weighted by Crippen LogP contribution is -1.77. The summed E-state index contributed by atoms with van der Waals surface area (Å²) in [6.07, 6.45) is 15.9. The quantitative estimate of drug-likeness (QED) is 0.316. The smallest absolute Gasteiger partial charge is 0.119 e. The van der Waals surface area contributed by atoms with Crippen molar-refractivity contribution >= 4 is 6.29 Å². The molecule has 0 bridgehead atoms. The van der Waals surface area contributed by atoms with Crippen LogP contribution in [0.15, 0.2) is 24.3 Å². The second-order valence-corrected chi connectivity index (χ2v) is 3.07. The van der Waals surface area contributed by atoms with Gasteiger partial charge in [0.1, 0.15) is 6.29 Å². The molecule has 1 nitrogen and oxygen atoms in total. The Bertz CT molecular complexity index is 157. The van der Waals surface area contributed by atoms with Crippen molar-refractivity contribution in [3.8, 4) is 0 Å². The maximum Gasteiger partial charge on any atom is 0.119 e. The average molecular weight is 180 g/mol. The molecule has 0 rings (SSSR count). The Morgan fingerprint density at radius 3 is 2.31 bits per heavy atom. The second kappa shape index (κ2) is 11.2. The fraction of sp³-hybridized carbons (Fsp3) is 0.583. The van der Waals surface area contributed by atoms with Gasteiger partial charge in [0, 0.05) is 6.42 Å². The molecule has 0 aromatic heterocycles. The number of rotatable bonds is 8. The fourth-order valence-electron chi connectivity index (χ4n) is 1.06. The molecule has 0 aromatic rings. The van der Waals surface area contributed by atoms with E-state index in [1.54, 1.807) is 0 Å². The van der Waals surface area contributed by atoms with Gasteiger partial charge >= 0.3 is 0 Å². The molecule has 0 aliphatic heterocycles. The summed E-state index contributed by atoms with van der Waals surface area (Å²) in [6, 6.07) is 0. The summed E-state index contributed by atoms with van der Waals surface area (Å²) >= 11 is 0. The summed E-state index contributed by atoms with van der Waals surface area (Å²) in [5.41, 5.74) is 0. The minimum atomic E-state index is 0.722. The van der Waals surface area contributed by atoms with Gasteiger partial charge in [0.25, 0.3) is 0 Å². The fourth-order valence-corrected chi connectivity index (χ4v) is 1.06. The number of hydrogen-bond donors (Lipinski definition) is 0. The van der Waals surface area contributed by atoms with E-state index in [9.17, 15) is 4.79 Å². The molecule has 0 fully saturated rings. The Morgan fingerprint density at radius 2 is 1.62 bits per heavy atom. The van der Waals surface area contributed by atoms with Crippen LogP contribution in [0.2, 0.25) is 0 Å². The lowest BCUT2D eigenvalue weighted by Gasteiger charge is -1.92. The van der Waals surface area contributed by atoms with E-state index in [2.05, 4.69) is 31.2 Å². The van der Waals surface area contributed by atoms with Crippen LogP contribution in [-0.4, -0.2) is 6.29 Å². The Morgan fingerprint density at radius 1 is 0.923 bits per heavy atom. The average Bonchev–Trinajstić information content (AvgIpc) is 2.16. The van der Waals surface area contributed by atoms with Gasteiger partial charge in [-0.15, -0.1) is 0 Å². The van der Waals surface area contributed by atoms with Crippen LogP contribution in [0.4, 0.5) is 0 Å². The van der Waals surface area contributed by atoms with Crippen molar-refractivity contribution < 1.29 is 4.79 Å². The van der Waals surface area contributed by atoms with Crippen LogP contribution in [0.1, 0.15) is 45.4 Å². The molecule has 0 atom stereocenters. The molecule has 0 aliphatic rings. The van der Waals surface area contributed by atoms with Gasteiger partial charge in [-0.25, -0.2) is 0 Å². The molecule has 0 radical (unpaired) electrons. The minimum Gasteiger partial charge on any atom is -0.303 e. The zero-order valence-electron chi connectivity index (χ0n) is 8.54. The van der Waals surface area contributed by atoms with Crippen LogP contribution in [0.3, 0.4) is 0 Å². The van der Waals surface area contributed by atoms with Crippen molar-refractivity contribution in [2.24, 2.45) is 0 Å². The number of carbonyl (C=O) groups excluding carboxylic acids is 1. The highest BCUT2D eigenvalue weighted by Crippen LogP contribution is 2.02. The lowest BCUT2D eigenvalue weighted by atomic mass is 10.1. The monoisotopic (exact) mass is 180 g/mol. The molecule has 74 valence electrons. The molecule has 0 aliphatic carbocycles. The van der Waals surface area contributed by atoms with Crippen molar-refractivity contribution in [2.45, 2.75) is 45.4 Å². The topological polar surface area (TPSA) is 17.1 Å². The molecule has 0 amide bonds. The number of unbranched alkanes of at least 4 members (excludes halogenated alkanes) is 4. The largest absolute Gasteiger partial charge is 0.303 e. The molecule has 1 heteroatoms. The van der Waals surface area contributed by atoms with Crippen molar-refractivity contribution in [1.82, 2.24) is 0 Å².